The number of carbonyl (C=O) groups excluding carboxylic acids is 1. The summed E-state index contributed by atoms with van der Waals surface area (Å²) < 4.78 is 0. The molecule has 1 amide bonds. The molecule has 6 nitrogen and oxygen atoms in total. The van der Waals surface area contributed by atoms with Gasteiger partial charge >= 0.3 is 5.97 Å². The van der Waals surface area contributed by atoms with E-state index < -0.39 is 30.1 Å². The summed E-state index contributed by atoms with van der Waals surface area (Å²) in [6.45, 7) is 2.44. The highest BCUT2D eigenvalue weighted by Crippen LogP contribution is 1.94. The summed E-state index contributed by atoms with van der Waals surface area (Å²) in [7, 11) is 0. The van der Waals surface area contributed by atoms with Crippen LogP contribution in [0, 0.1) is 0 Å². The number of carboxylic acid groups (broad SMARTS) is 1. The zero-order chi connectivity index (χ0) is 10.6. The zero-order valence-electron chi connectivity index (χ0n) is 7.39. The first kappa shape index (κ1) is 11.9. The van der Waals surface area contributed by atoms with E-state index in [2.05, 4.69) is 0 Å². The molecule has 0 fully saturated rings. The molecular formula is C7H13NO5. The van der Waals surface area contributed by atoms with Crippen LogP contribution in [0.1, 0.15) is 13.8 Å². The van der Waals surface area contributed by atoms with Gasteiger partial charge in [-0.25, -0.2) is 4.79 Å². The summed E-state index contributed by atoms with van der Waals surface area (Å²) in [5.41, 5.74) is 0. The van der Waals surface area contributed by atoms with E-state index in [0.29, 0.717) is 0 Å². The number of amides is 1. The Kier molecular flexibility index (Phi) is 4.36. The quantitative estimate of drug-likeness (QED) is 0.424. The van der Waals surface area contributed by atoms with Crippen molar-refractivity contribution in [3.05, 3.63) is 0 Å². The van der Waals surface area contributed by atoms with Gasteiger partial charge in [0.05, 0.1) is 6.10 Å². The first-order valence-corrected chi connectivity index (χ1v) is 3.75. The molecule has 4 N–H and O–H groups in total. The monoisotopic (exact) mass is 191 g/mol. The molecule has 0 spiro atoms. The molecule has 0 aromatic rings. The topological polar surface area (TPSA) is 107 Å². The maximum Gasteiger partial charge on any atom is 0.328 e. The fraction of sp³-hybridized carbons (Fsp3) is 0.714. The van der Waals surface area contributed by atoms with Crippen molar-refractivity contribution < 1.29 is 24.9 Å². The SMILES string of the molecule is C[C@@H](O)C(=O)N[C@H](C(=O)O)[C@@H](C)O. The number of aliphatic hydroxyl groups excluding tert-OH is 2. The van der Waals surface area contributed by atoms with Gasteiger partial charge in [-0.2, -0.15) is 0 Å². The lowest BCUT2D eigenvalue weighted by atomic mass is 10.2. The Balaban J connectivity index is 4.27. The summed E-state index contributed by atoms with van der Waals surface area (Å²) in [6, 6.07) is -1.39. The standard InChI is InChI=1S/C7H13NO5/c1-3(9)5(7(12)13)8-6(11)4(2)10/h3-5,9-10H,1-2H3,(H,8,11)(H,12,13)/t3-,4-,5+/m1/s1. The minimum Gasteiger partial charge on any atom is -0.480 e. The van der Waals surface area contributed by atoms with Crippen LogP contribution in [-0.4, -0.2) is 45.4 Å². The van der Waals surface area contributed by atoms with Crippen molar-refractivity contribution in [3.8, 4) is 0 Å². The first-order chi connectivity index (χ1) is 5.86. The Morgan fingerprint density at radius 1 is 1.23 bits per heavy atom. The number of hydrogen-bond donors (Lipinski definition) is 4. The van der Waals surface area contributed by atoms with Crippen LogP contribution < -0.4 is 5.32 Å². The molecule has 0 unspecified atom stereocenters. The van der Waals surface area contributed by atoms with Gasteiger partial charge in [0.15, 0.2) is 6.04 Å². The van der Waals surface area contributed by atoms with E-state index in [1.54, 1.807) is 0 Å². The third kappa shape index (κ3) is 3.86. The minimum atomic E-state index is -1.39. The molecule has 13 heavy (non-hydrogen) atoms. The van der Waals surface area contributed by atoms with E-state index in [1.807, 2.05) is 5.32 Å². The maximum atomic E-state index is 10.8. The normalized spacial score (nSPS) is 17.2. The summed E-state index contributed by atoms with van der Waals surface area (Å²) in [6.07, 6.45) is -2.50. The fourth-order valence-corrected chi connectivity index (χ4v) is 0.663. The van der Waals surface area contributed by atoms with Gasteiger partial charge in [0.2, 0.25) is 5.91 Å². The smallest absolute Gasteiger partial charge is 0.328 e. The number of aliphatic hydroxyl groups is 2. The van der Waals surface area contributed by atoms with E-state index in [9.17, 15) is 9.59 Å². The van der Waals surface area contributed by atoms with Crippen LogP contribution in [-0.2, 0) is 9.59 Å². The molecule has 0 aliphatic carbocycles. The van der Waals surface area contributed by atoms with Gasteiger partial charge in [0.1, 0.15) is 6.10 Å². The van der Waals surface area contributed by atoms with Gasteiger partial charge in [-0.15, -0.1) is 0 Å². The van der Waals surface area contributed by atoms with Gasteiger partial charge in [0.25, 0.3) is 0 Å². The van der Waals surface area contributed by atoms with E-state index in [1.165, 1.54) is 13.8 Å². The number of rotatable bonds is 4. The second-order valence-corrected chi connectivity index (χ2v) is 2.74. The van der Waals surface area contributed by atoms with Crippen molar-refractivity contribution in [2.75, 3.05) is 0 Å². The van der Waals surface area contributed by atoms with Crippen molar-refractivity contribution in [3.63, 3.8) is 0 Å². The molecule has 0 bridgehead atoms. The van der Waals surface area contributed by atoms with Crippen molar-refractivity contribution in [1.29, 1.82) is 0 Å². The fourth-order valence-electron chi connectivity index (χ4n) is 0.663. The predicted octanol–water partition coefficient (Wildman–Crippen LogP) is -1.68. The maximum absolute atomic E-state index is 10.8. The van der Waals surface area contributed by atoms with Crippen LogP contribution in [0.4, 0.5) is 0 Å². The number of nitrogens with one attached hydrogen (secondary N) is 1. The van der Waals surface area contributed by atoms with Crippen LogP contribution in [0.25, 0.3) is 0 Å². The molecular weight excluding hydrogens is 178 g/mol. The van der Waals surface area contributed by atoms with Crippen molar-refractivity contribution in [2.24, 2.45) is 0 Å². The van der Waals surface area contributed by atoms with E-state index in [4.69, 9.17) is 15.3 Å². The van der Waals surface area contributed by atoms with Crippen molar-refractivity contribution >= 4 is 11.9 Å². The highest BCUT2D eigenvalue weighted by atomic mass is 16.4. The predicted molar refractivity (Wildman–Crippen MR) is 42.9 cm³/mol. The highest BCUT2D eigenvalue weighted by molar-refractivity contribution is 5.86. The molecule has 0 saturated carbocycles. The number of hydrogen-bond acceptors (Lipinski definition) is 4. The Bertz CT molecular complexity index is 201. The summed E-state index contributed by atoms with van der Waals surface area (Å²) in [5.74, 6) is -2.17. The molecule has 0 rings (SSSR count). The molecule has 0 aromatic carbocycles. The Morgan fingerprint density at radius 2 is 1.69 bits per heavy atom. The second-order valence-electron chi connectivity index (χ2n) is 2.74. The number of carbonyl (C=O) groups is 2. The highest BCUT2D eigenvalue weighted by Gasteiger charge is 2.26. The van der Waals surface area contributed by atoms with Crippen LogP contribution in [0.3, 0.4) is 0 Å². The van der Waals surface area contributed by atoms with Crippen LogP contribution >= 0.6 is 0 Å². The molecule has 3 atom stereocenters. The van der Waals surface area contributed by atoms with Gasteiger partial charge in [-0.3, -0.25) is 4.79 Å². The molecule has 76 valence electrons. The minimum absolute atomic E-state index is 0.826. The third-order valence-electron chi connectivity index (χ3n) is 1.43. The van der Waals surface area contributed by atoms with Crippen molar-refractivity contribution in [1.82, 2.24) is 5.32 Å². The summed E-state index contributed by atoms with van der Waals surface area (Å²) >= 11 is 0. The number of aliphatic carboxylic acids is 1. The molecule has 0 aromatic heterocycles. The van der Waals surface area contributed by atoms with Crippen LogP contribution in [0.15, 0.2) is 0 Å². The molecule has 0 radical (unpaired) electrons. The lowest BCUT2D eigenvalue weighted by Gasteiger charge is -2.17. The van der Waals surface area contributed by atoms with Gasteiger partial charge < -0.3 is 20.6 Å². The number of carboxylic acids is 1. The van der Waals surface area contributed by atoms with Gasteiger partial charge in [-0.05, 0) is 13.8 Å². The van der Waals surface area contributed by atoms with Crippen LogP contribution in [0.2, 0.25) is 0 Å². The van der Waals surface area contributed by atoms with E-state index in [0.717, 1.165) is 0 Å². The molecule has 0 saturated heterocycles. The molecule has 0 aliphatic heterocycles. The lowest BCUT2D eigenvalue weighted by Crippen LogP contribution is -2.50. The van der Waals surface area contributed by atoms with Crippen LogP contribution in [0.5, 0.6) is 0 Å². The zero-order valence-corrected chi connectivity index (χ0v) is 7.39. The Labute approximate surface area is 75.2 Å². The van der Waals surface area contributed by atoms with E-state index >= 15 is 0 Å². The molecule has 0 aliphatic rings. The Hall–Kier alpha value is -1.14. The third-order valence-corrected chi connectivity index (χ3v) is 1.43. The summed E-state index contributed by atoms with van der Waals surface area (Å²) in [5, 5.41) is 28.2. The van der Waals surface area contributed by atoms with Crippen molar-refractivity contribution in [2.45, 2.75) is 32.1 Å². The largest absolute Gasteiger partial charge is 0.480 e. The lowest BCUT2D eigenvalue weighted by molar-refractivity contribution is -0.146. The summed E-state index contributed by atoms with van der Waals surface area (Å²) in [4.78, 5) is 21.3. The average molecular weight is 191 g/mol. The van der Waals surface area contributed by atoms with Gasteiger partial charge in [-0.1, -0.05) is 0 Å². The van der Waals surface area contributed by atoms with Gasteiger partial charge in [0, 0.05) is 0 Å². The molecule has 6 heteroatoms. The second kappa shape index (κ2) is 4.78. The Morgan fingerprint density at radius 3 is 1.92 bits per heavy atom. The molecule has 0 heterocycles. The average Bonchev–Trinajstić information content (AvgIpc) is 1.97. The van der Waals surface area contributed by atoms with E-state index in [-0.39, 0.29) is 0 Å². The first-order valence-electron chi connectivity index (χ1n) is 3.75.